The zero-order chi connectivity index (χ0) is 18.1. The van der Waals surface area contributed by atoms with E-state index in [2.05, 4.69) is 20.7 Å². The summed E-state index contributed by atoms with van der Waals surface area (Å²) in [6, 6.07) is 4.28. The molecular formula is C16H15BrF3NO3. The highest BCUT2D eigenvalue weighted by atomic mass is 79.9. The van der Waals surface area contributed by atoms with Crippen molar-refractivity contribution in [2.24, 2.45) is 5.92 Å². The van der Waals surface area contributed by atoms with Crippen LogP contribution in [0.15, 0.2) is 40.9 Å². The first-order valence-corrected chi connectivity index (χ1v) is 7.87. The zero-order valence-corrected chi connectivity index (χ0v) is 14.5. The number of carbonyl (C=O) groups excluding carboxylic acids is 2. The molecule has 0 aliphatic carbocycles. The molecular weight excluding hydrogens is 391 g/mol. The molecule has 0 aromatic heterocycles. The van der Waals surface area contributed by atoms with E-state index in [9.17, 15) is 22.8 Å². The lowest BCUT2D eigenvalue weighted by molar-refractivity contribution is -0.193. The second-order valence-electron chi connectivity index (χ2n) is 5.39. The quantitative estimate of drug-likeness (QED) is 0.557. The van der Waals surface area contributed by atoms with Gasteiger partial charge in [0.05, 0.1) is 13.2 Å². The van der Waals surface area contributed by atoms with E-state index in [1.807, 2.05) is 0 Å². The van der Waals surface area contributed by atoms with E-state index in [0.29, 0.717) is 14.9 Å². The number of alkyl halides is 3. The Hall–Kier alpha value is -1.83. The number of halogens is 4. The number of rotatable bonds is 2. The van der Waals surface area contributed by atoms with Crippen molar-refractivity contribution >= 4 is 27.8 Å². The van der Waals surface area contributed by atoms with Gasteiger partial charge in [0.1, 0.15) is 6.04 Å². The monoisotopic (exact) mass is 405 g/mol. The SMILES string of the molecule is COC(=O)[C@H]1C=C[C@@H](C)[C@H](c2ccccc2Br)N1C(=O)C(F)(F)F. The van der Waals surface area contributed by atoms with Crippen LogP contribution in [0.1, 0.15) is 18.5 Å². The molecule has 1 aromatic rings. The number of amides is 1. The van der Waals surface area contributed by atoms with Crippen molar-refractivity contribution in [3.8, 4) is 0 Å². The molecule has 4 nitrogen and oxygen atoms in total. The maximum atomic E-state index is 13.1. The summed E-state index contributed by atoms with van der Waals surface area (Å²) in [7, 11) is 1.07. The molecule has 1 aliphatic heterocycles. The second kappa shape index (κ2) is 6.96. The van der Waals surface area contributed by atoms with Crippen LogP contribution in [0.25, 0.3) is 0 Å². The molecule has 0 fully saturated rings. The van der Waals surface area contributed by atoms with E-state index in [0.717, 1.165) is 7.11 Å². The van der Waals surface area contributed by atoms with Gasteiger partial charge in [-0.25, -0.2) is 4.79 Å². The van der Waals surface area contributed by atoms with Crippen molar-refractivity contribution in [1.29, 1.82) is 0 Å². The summed E-state index contributed by atoms with van der Waals surface area (Å²) in [5.41, 5.74) is 0.487. The van der Waals surface area contributed by atoms with E-state index in [-0.39, 0.29) is 0 Å². The van der Waals surface area contributed by atoms with E-state index < -0.39 is 36.1 Å². The normalized spacial score (nSPS) is 23.9. The Bertz CT molecular complexity index is 675. The minimum absolute atomic E-state index is 0.420. The van der Waals surface area contributed by atoms with Gasteiger partial charge in [-0.15, -0.1) is 0 Å². The number of benzene rings is 1. The van der Waals surface area contributed by atoms with Gasteiger partial charge in [0.2, 0.25) is 0 Å². The van der Waals surface area contributed by atoms with Crippen molar-refractivity contribution in [2.75, 3.05) is 7.11 Å². The zero-order valence-electron chi connectivity index (χ0n) is 12.9. The van der Waals surface area contributed by atoms with Crippen molar-refractivity contribution in [1.82, 2.24) is 4.90 Å². The van der Waals surface area contributed by atoms with Gasteiger partial charge in [-0.05, 0) is 17.5 Å². The standard InChI is InChI=1S/C16H15BrF3NO3/c1-9-7-8-12(14(22)24-2)21(15(23)16(18,19)20)13(9)10-5-3-4-6-11(10)17/h3-9,12-13H,1-2H3/t9-,12-,13-/m1/s1. The van der Waals surface area contributed by atoms with Gasteiger partial charge in [-0.2, -0.15) is 13.2 Å². The maximum Gasteiger partial charge on any atom is 0.471 e. The fraction of sp³-hybridized carbons (Fsp3) is 0.375. The lowest BCUT2D eigenvalue weighted by Crippen LogP contribution is -2.54. The minimum Gasteiger partial charge on any atom is -0.467 e. The highest BCUT2D eigenvalue weighted by Crippen LogP contribution is 2.40. The fourth-order valence-electron chi connectivity index (χ4n) is 2.76. The van der Waals surface area contributed by atoms with Gasteiger partial charge in [-0.1, -0.05) is 53.2 Å². The van der Waals surface area contributed by atoms with Crippen LogP contribution in [0, 0.1) is 5.92 Å². The van der Waals surface area contributed by atoms with Crippen LogP contribution in [0.2, 0.25) is 0 Å². The molecule has 1 aromatic carbocycles. The highest BCUT2D eigenvalue weighted by Gasteiger charge is 2.51. The van der Waals surface area contributed by atoms with E-state index >= 15 is 0 Å². The molecule has 0 N–H and O–H groups in total. The van der Waals surface area contributed by atoms with Crippen LogP contribution < -0.4 is 0 Å². The molecule has 1 amide bonds. The molecule has 8 heteroatoms. The number of hydrogen-bond donors (Lipinski definition) is 0. The molecule has 0 saturated carbocycles. The predicted molar refractivity (Wildman–Crippen MR) is 83.9 cm³/mol. The molecule has 24 heavy (non-hydrogen) atoms. The Labute approximate surface area is 145 Å². The first-order chi connectivity index (χ1) is 11.2. The van der Waals surface area contributed by atoms with Crippen LogP contribution in [0.3, 0.4) is 0 Å². The summed E-state index contributed by atoms with van der Waals surface area (Å²) in [5.74, 6) is -3.42. The fourth-order valence-corrected chi connectivity index (χ4v) is 3.28. The average molecular weight is 406 g/mol. The molecule has 0 bridgehead atoms. The summed E-state index contributed by atoms with van der Waals surface area (Å²) in [5, 5.41) is 0. The lowest BCUT2D eigenvalue weighted by atomic mass is 9.87. The van der Waals surface area contributed by atoms with Crippen molar-refractivity contribution in [3.05, 3.63) is 46.5 Å². The highest BCUT2D eigenvalue weighted by molar-refractivity contribution is 9.10. The molecule has 0 unspecified atom stereocenters. The summed E-state index contributed by atoms with van der Waals surface area (Å²) in [6.07, 6.45) is -2.21. The number of hydrogen-bond acceptors (Lipinski definition) is 3. The van der Waals surface area contributed by atoms with E-state index in [1.54, 1.807) is 37.3 Å². The number of esters is 1. The largest absolute Gasteiger partial charge is 0.471 e. The Morgan fingerprint density at radius 3 is 2.38 bits per heavy atom. The Kier molecular flexibility index (Phi) is 5.37. The van der Waals surface area contributed by atoms with Gasteiger partial charge >= 0.3 is 18.1 Å². The number of ether oxygens (including phenoxy) is 1. The number of carbonyl (C=O) groups is 2. The molecule has 130 valence electrons. The summed E-state index contributed by atoms with van der Waals surface area (Å²) in [6.45, 7) is 1.69. The second-order valence-corrected chi connectivity index (χ2v) is 6.24. The smallest absolute Gasteiger partial charge is 0.467 e. The molecule has 0 radical (unpaired) electrons. The van der Waals surface area contributed by atoms with Gasteiger partial charge < -0.3 is 9.64 Å². The van der Waals surface area contributed by atoms with E-state index in [4.69, 9.17) is 0 Å². The van der Waals surface area contributed by atoms with Crippen LogP contribution in [-0.2, 0) is 14.3 Å². The topological polar surface area (TPSA) is 46.6 Å². The maximum absolute atomic E-state index is 13.1. The minimum atomic E-state index is -5.10. The number of methoxy groups -OCH3 is 1. The Morgan fingerprint density at radius 1 is 1.21 bits per heavy atom. The third kappa shape index (κ3) is 3.48. The predicted octanol–water partition coefficient (Wildman–Crippen LogP) is 3.63. The lowest BCUT2D eigenvalue weighted by Gasteiger charge is -2.41. The van der Waals surface area contributed by atoms with Crippen molar-refractivity contribution < 1.29 is 27.5 Å². The molecule has 3 atom stereocenters. The summed E-state index contributed by atoms with van der Waals surface area (Å²) in [4.78, 5) is 24.5. The van der Waals surface area contributed by atoms with Gasteiger partial charge in [-0.3, -0.25) is 4.79 Å². The van der Waals surface area contributed by atoms with Crippen molar-refractivity contribution in [3.63, 3.8) is 0 Å². The third-order valence-electron chi connectivity index (χ3n) is 3.84. The van der Waals surface area contributed by atoms with Crippen molar-refractivity contribution in [2.45, 2.75) is 25.2 Å². The molecule has 0 spiro atoms. The average Bonchev–Trinajstić information content (AvgIpc) is 2.53. The molecule has 1 aliphatic rings. The van der Waals surface area contributed by atoms with Crippen LogP contribution >= 0.6 is 15.9 Å². The summed E-state index contributed by atoms with van der Waals surface area (Å²) < 4.78 is 44.5. The third-order valence-corrected chi connectivity index (χ3v) is 4.56. The summed E-state index contributed by atoms with van der Waals surface area (Å²) >= 11 is 3.30. The number of nitrogens with zero attached hydrogens (tertiary/aromatic N) is 1. The van der Waals surface area contributed by atoms with Crippen LogP contribution in [0.5, 0.6) is 0 Å². The van der Waals surface area contributed by atoms with Gasteiger partial charge in [0.25, 0.3) is 0 Å². The molecule has 0 saturated heterocycles. The van der Waals surface area contributed by atoms with Gasteiger partial charge in [0, 0.05) is 4.47 Å². The first kappa shape index (κ1) is 18.5. The Balaban J connectivity index is 2.60. The molecule has 1 heterocycles. The Morgan fingerprint density at radius 2 is 1.83 bits per heavy atom. The first-order valence-electron chi connectivity index (χ1n) is 7.08. The van der Waals surface area contributed by atoms with E-state index in [1.165, 1.54) is 6.08 Å². The van der Waals surface area contributed by atoms with Crippen LogP contribution in [-0.4, -0.2) is 36.1 Å². The molecule has 2 rings (SSSR count). The van der Waals surface area contributed by atoms with Gasteiger partial charge in [0.15, 0.2) is 0 Å². The van der Waals surface area contributed by atoms with Crippen LogP contribution in [0.4, 0.5) is 13.2 Å².